The van der Waals surface area contributed by atoms with Crippen LogP contribution in [0.1, 0.15) is 22.0 Å². The van der Waals surface area contributed by atoms with Gasteiger partial charge in [-0.3, -0.25) is 4.79 Å². The first-order valence-corrected chi connectivity index (χ1v) is 8.65. The maximum atomic E-state index is 13.5. The van der Waals surface area contributed by atoms with E-state index in [0.29, 0.717) is 16.8 Å². The lowest BCUT2D eigenvalue weighted by molar-refractivity contribution is 0.0946. The molecule has 0 fully saturated rings. The third-order valence-electron chi connectivity index (χ3n) is 4.38. The van der Waals surface area contributed by atoms with E-state index in [1.807, 2.05) is 42.6 Å². The van der Waals surface area contributed by atoms with Crippen LogP contribution in [0.15, 0.2) is 79.1 Å². The van der Waals surface area contributed by atoms with Crippen molar-refractivity contribution < 1.29 is 9.18 Å². The summed E-state index contributed by atoms with van der Waals surface area (Å²) in [6, 6.07) is 19.7. The molecule has 28 heavy (non-hydrogen) atoms. The number of fused-ring (bicyclic) bond motifs is 1. The normalized spacial score (nSPS) is 11.7. The average molecular weight is 370 g/mol. The molecule has 0 saturated carbocycles. The number of carbonyl (C=O) groups excluding carboxylic acids is 1. The Kier molecular flexibility index (Phi) is 4.56. The standard InChI is InChI=1S/C22H15FN4O/c23-17-9-4-8-16(12-17)19(13-24)26-22(28)18-10-5-11-27-14-20(25-21(18)27)15-6-2-1-3-7-15/h1-12,14,19H,(H,26,28). The summed E-state index contributed by atoms with van der Waals surface area (Å²) >= 11 is 0. The van der Waals surface area contributed by atoms with Crippen LogP contribution in [0.25, 0.3) is 16.9 Å². The van der Waals surface area contributed by atoms with Crippen LogP contribution in [-0.4, -0.2) is 15.3 Å². The predicted octanol–water partition coefficient (Wildman–Crippen LogP) is 4.14. The molecule has 6 heteroatoms. The Morgan fingerprint density at radius 1 is 1.11 bits per heavy atom. The molecule has 2 aromatic carbocycles. The molecule has 2 heterocycles. The van der Waals surface area contributed by atoms with Gasteiger partial charge in [-0.25, -0.2) is 9.37 Å². The largest absolute Gasteiger partial charge is 0.332 e. The van der Waals surface area contributed by atoms with Gasteiger partial charge in [-0.05, 0) is 29.8 Å². The zero-order chi connectivity index (χ0) is 19.5. The van der Waals surface area contributed by atoms with Crippen molar-refractivity contribution in [3.63, 3.8) is 0 Å². The van der Waals surface area contributed by atoms with Crippen molar-refractivity contribution in [1.82, 2.24) is 14.7 Å². The SMILES string of the molecule is N#CC(NC(=O)c1cccn2cc(-c3ccccc3)nc12)c1cccc(F)c1. The van der Waals surface area contributed by atoms with Crippen molar-refractivity contribution in [2.75, 3.05) is 0 Å². The fourth-order valence-electron chi connectivity index (χ4n) is 3.02. The molecule has 0 aliphatic rings. The lowest BCUT2D eigenvalue weighted by Gasteiger charge is -2.12. The summed E-state index contributed by atoms with van der Waals surface area (Å²) in [5.74, 6) is -0.915. The van der Waals surface area contributed by atoms with Crippen LogP contribution in [-0.2, 0) is 0 Å². The van der Waals surface area contributed by atoms with E-state index in [9.17, 15) is 14.4 Å². The summed E-state index contributed by atoms with van der Waals surface area (Å²) in [6.07, 6.45) is 3.65. The molecular weight excluding hydrogens is 355 g/mol. The summed E-state index contributed by atoms with van der Waals surface area (Å²) in [5.41, 5.74) is 2.88. The number of benzene rings is 2. The van der Waals surface area contributed by atoms with Gasteiger partial charge < -0.3 is 9.72 Å². The molecule has 0 aliphatic heterocycles. The minimum Gasteiger partial charge on any atom is -0.332 e. The molecule has 1 N–H and O–H groups in total. The fraction of sp³-hybridized carbons (Fsp3) is 0.0455. The molecule has 1 unspecified atom stereocenters. The number of nitrogens with zero attached hydrogens (tertiary/aromatic N) is 3. The van der Waals surface area contributed by atoms with E-state index in [2.05, 4.69) is 10.3 Å². The van der Waals surface area contributed by atoms with Gasteiger partial charge in [0, 0.05) is 18.0 Å². The van der Waals surface area contributed by atoms with E-state index in [4.69, 9.17) is 0 Å². The first-order valence-electron chi connectivity index (χ1n) is 8.65. The van der Waals surface area contributed by atoms with E-state index in [0.717, 1.165) is 11.3 Å². The molecular formula is C22H15FN4O. The van der Waals surface area contributed by atoms with Crippen LogP contribution in [0.2, 0.25) is 0 Å². The molecule has 0 aliphatic carbocycles. The van der Waals surface area contributed by atoms with Crippen molar-refractivity contribution in [1.29, 1.82) is 5.26 Å². The van der Waals surface area contributed by atoms with Crippen LogP contribution < -0.4 is 5.32 Å². The second-order valence-corrected chi connectivity index (χ2v) is 6.24. The van der Waals surface area contributed by atoms with Crippen LogP contribution >= 0.6 is 0 Å². The van der Waals surface area contributed by atoms with Crippen molar-refractivity contribution in [3.8, 4) is 17.3 Å². The van der Waals surface area contributed by atoms with Crippen LogP contribution in [0.5, 0.6) is 0 Å². The molecule has 1 amide bonds. The van der Waals surface area contributed by atoms with Crippen LogP contribution in [0.3, 0.4) is 0 Å². The summed E-state index contributed by atoms with van der Waals surface area (Å²) in [6.45, 7) is 0. The Balaban J connectivity index is 1.67. The smallest absolute Gasteiger partial charge is 0.256 e. The molecule has 5 nitrogen and oxygen atoms in total. The Labute approximate surface area is 160 Å². The summed E-state index contributed by atoms with van der Waals surface area (Å²) in [4.78, 5) is 17.4. The Morgan fingerprint density at radius 2 is 1.93 bits per heavy atom. The molecule has 2 aromatic heterocycles. The van der Waals surface area contributed by atoms with E-state index >= 15 is 0 Å². The molecule has 1 atom stereocenters. The summed E-state index contributed by atoms with van der Waals surface area (Å²) in [7, 11) is 0. The van der Waals surface area contributed by atoms with Crippen molar-refractivity contribution >= 4 is 11.6 Å². The molecule has 4 aromatic rings. The minimum atomic E-state index is -0.966. The summed E-state index contributed by atoms with van der Waals surface area (Å²) in [5, 5.41) is 12.1. The van der Waals surface area contributed by atoms with Gasteiger partial charge in [0.15, 0.2) is 0 Å². The van der Waals surface area contributed by atoms with Gasteiger partial charge in [-0.15, -0.1) is 0 Å². The second-order valence-electron chi connectivity index (χ2n) is 6.24. The van der Waals surface area contributed by atoms with Crippen LogP contribution in [0.4, 0.5) is 4.39 Å². The van der Waals surface area contributed by atoms with Gasteiger partial charge in [0.25, 0.3) is 5.91 Å². The first-order chi connectivity index (χ1) is 13.7. The number of carbonyl (C=O) groups is 1. The first kappa shape index (κ1) is 17.4. The molecule has 0 saturated heterocycles. The highest BCUT2D eigenvalue weighted by Crippen LogP contribution is 2.21. The Morgan fingerprint density at radius 3 is 2.68 bits per heavy atom. The number of aromatic nitrogens is 2. The van der Waals surface area contributed by atoms with Crippen molar-refractivity contribution in [3.05, 3.63) is 96.1 Å². The number of hydrogen-bond acceptors (Lipinski definition) is 3. The number of hydrogen-bond donors (Lipinski definition) is 1. The third-order valence-corrected chi connectivity index (χ3v) is 4.38. The number of amides is 1. The fourth-order valence-corrected chi connectivity index (χ4v) is 3.02. The highest BCUT2D eigenvalue weighted by molar-refractivity contribution is 6.00. The van der Waals surface area contributed by atoms with E-state index in [1.54, 1.807) is 28.8 Å². The number of nitrogens with one attached hydrogen (secondary N) is 1. The maximum Gasteiger partial charge on any atom is 0.256 e. The minimum absolute atomic E-state index is 0.335. The summed E-state index contributed by atoms with van der Waals surface area (Å²) < 4.78 is 15.2. The molecule has 136 valence electrons. The third kappa shape index (κ3) is 3.33. The predicted molar refractivity (Wildman–Crippen MR) is 103 cm³/mol. The van der Waals surface area contributed by atoms with Gasteiger partial charge in [-0.2, -0.15) is 5.26 Å². The maximum absolute atomic E-state index is 13.5. The number of rotatable bonds is 4. The van der Waals surface area contributed by atoms with Gasteiger partial charge >= 0.3 is 0 Å². The van der Waals surface area contributed by atoms with Gasteiger partial charge in [0.05, 0.1) is 17.3 Å². The average Bonchev–Trinajstić information content (AvgIpc) is 3.17. The zero-order valence-corrected chi connectivity index (χ0v) is 14.7. The molecule has 0 bridgehead atoms. The zero-order valence-electron chi connectivity index (χ0n) is 14.7. The quantitative estimate of drug-likeness (QED) is 0.587. The molecule has 0 radical (unpaired) electrons. The number of pyridine rings is 1. The second kappa shape index (κ2) is 7.33. The van der Waals surface area contributed by atoms with Gasteiger partial charge in [-0.1, -0.05) is 42.5 Å². The van der Waals surface area contributed by atoms with Crippen LogP contribution in [0, 0.1) is 17.1 Å². The molecule has 0 spiro atoms. The number of halogens is 1. The Bertz CT molecular complexity index is 1190. The number of imidazole rings is 1. The van der Waals surface area contributed by atoms with E-state index < -0.39 is 17.8 Å². The number of nitriles is 1. The monoisotopic (exact) mass is 370 g/mol. The van der Waals surface area contributed by atoms with Crippen molar-refractivity contribution in [2.45, 2.75) is 6.04 Å². The molecule has 4 rings (SSSR count). The van der Waals surface area contributed by atoms with Crippen molar-refractivity contribution in [2.24, 2.45) is 0 Å². The van der Waals surface area contributed by atoms with Gasteiger partial charge in [0.2, 0.25) is 0 Å². The topological polar surface area (TPSA) is 70.2 Å². The van der Waals surface area contributed by atoms with E-state index in [1.165, 1.54) is 18.2 Å². The van der Waals surface area contributed by atoms with Gasteiger partial charge in [0.1, 0.15) is 17.5 Å². The van der Waals surface area contributed by atoms with E-state index in [-0.39, 0.29) is 0 Å². The lowest BCUT2D eigenvalue weighted by Crippen LogP contribution is -2.28. The lowest BCUT2D eigenvalue weighted by atomic mass is 10.1. The highest BCUT2D eigenvalue weighted by Gasteiger charge is 2.19. The highest BCUT2D eigenvalue weighted by atomic mass is 19.1. The Hall–Kier alpha value is -3.98.